The zero-order valence-corrected chi connectivity index (χ0v) is 12.6. The second-order valence-corrected chi connectivity index (χ2v) is 5.15. The molecule has 1 N–H and O–H groups in total. The van der Waals surface area contributed by atoms with Gasteiger partial charge in [-0.1, -0.05) is 23.7 Å². The number of fused-ring (bicyclic) bond motifs is 1. The Hall–Kier alpha value is -2.59. The number of nitrogens with one attached hydrogen (secondary N) is 1. The van der Waals surface area contributed by atoms with Crippen LogP contribution in [0.25, 0.3) is 10.9 Å². The van der Waals surface area contributed by atoms with Crippen LogP contribution in [-0.4, -0.2) is 18.0 Å². The number of amides is 1. The Morgan fingerprint density at radius 1 is 1.18 bits per heavy atom. The highest BCUT2D eigenvalue weighted by Gasteiger charge is 2.11. The molecule has 0 aliphatic heterocycles. The van der Waals surface area contributed by atoms with Crippen LogP contribution in [0.1, 0.15) is 10.4 Å². The first-order valence-electron chi connectivity index (χ1n) is 6.67. The smallest absolute Gasteiger partial charge is 0.255 e. The molecule has 1 heterocycles. The lowest BCUT2D eigenvalue weighted by Crippen LogP contribution is -2.12. The Morgan fingerprint density at radius 3 is 2.86 bits per heavy atom. The first kappa shape index (κ1) is 14.4. The van der Waals surface area contributed by atoms with Gasteiger partial charge in [0.1, 0.15) is 5.75 Å². The number of carbonyl (C=O) groups excluding carboxylic acids is 1. The molecule has 4 nitrogen and oxygen atoms in total. The Balaban J connectivity index is 1.97. The molecule has 1 amide bonds. The molecule has 0 saturated heterocycles. The summed E-state index contributed by atoms with van der Waals surface area (Å²) in [6, 6.07) is 14.2. The van der Waals surface area contributed by atoms with Gasteiger partial charge < -0.3 is 10.1 Å². The van der Waals surface area contributed by atoms with Crippen molar-refractivity contribution >= 4 is 34.1 Å². The molecule has 1 aromatic heterocycles. The van der Waals surface area contributed by atoms with Crippen LogP contribution in [0.3, 0.4) is 0 Å². The van der Waals surface area contributed by atoms with Gasteiger partial charge in [0.15, 0.2) is 0 Å². The molecule has 2 aromatic carbocycles. The summed E-state index contributed by atoms with van der Waals surface area (Å²) in [6.07, 6.45) is 1.68. The Kier molecular flexibility index (Phi) is 3.94. The molecule has 0 fully saturated rings. The molecule has 110 valence electrons. The number of halogens is 1. The fourth-order valence-corrected chi connectivity index (χ4v) is 2.44. The van der Waals surface area contributed by atoms with Crippen molar-refractivity contribution in [3.8, 4) is 5.75 Å². The highest BCUT2D eigenvalue weighted by molar-refractivity contribution is 6.32. The van der Waals surface area contributed by atoms with E-state index in [-0.39, 0.29) is 5.91 Å². The van der Waals surface area contributed by atoms with Crippen molar-refractivity contribution < 1.29 is 9.53 Å². The molecule has 0 unspecified atom stereocenters. The maximum Gasteiger partial charge on any atom is 0.255 e. The van der Waals surface area contributed by atoms with Gasteiger partial charge in [-0.15, -0.1) is 0 Å². The molecule has 0 saturated carbocycles. The van der Waals surface area contributed by atoms with Crippen LogP contribution in [0.2, 0.25) is 5.02 Å². The maximum absolute atomic E-state index is 12.4. The molecule has 0 radical (unpaired) electrons. The zero-order chi connectivity index (χ0) is 15.5. The second kappa shape index (κ2) is 6.03. The van der Waals surface area contributed by atoms with Crippen molar-refractivity contribution in [3.05, 3.63) is 65.3 Å². The number of ether oxygens (including phenoxy) is 1. The van der Waals surface area contributed by atoms with E-state index in [9.17, 15) is 4.79 Å². The van der Waals surface area contributed by atoms with E-state index >= 15 is 0 Å². The molecule has 0 aliphatic rings. The van der Waals surface area contributed by atoms with Gasteiger partial charge in [-0.05, 0) is 36.4 Å². The second-order valence-electron chi connectivity index (χ2n) is 4.71. The van der Waals surface area contributed by atoms with E-state index in [1.165, 1.54) is 0 Å². The lowest BCUT2D eigenvalue weighted by molar-refractivity contribution is 0.102. The van der Waals surface area contributed by atoms with E-state index < -0.39 is 0 Å². The quantitative estimate of drug-likeness (QED) is 0.790. The van der Waals surface area contributed by atoms with Gasteiger partial charge >= 0.3 is 0 Å². The molecule has 0 bridgehead atoms. The zero-order valence-electron chi connectivity index (χ0n) is 11.8. The van der Waals surface area contributed by atoms with E-state index in [1.807, 2.05) is 18.2 Å². The minimum atomic E-state index is -0.242. The van der Waals surface area contributed by atoms with Crippen molar-refractivity contribution in [1.82, 2.24) is 4.98 Å². The van der Waals surface area contributed by atoms with E-state index in [0.29, 0.717) is 27.5 Å². The van der Waals surface area contributed by atoms with Crippen molar-refractivity contribution in [2.24, 2.45) is 0 Å². The van der Waals surface area contributed by atoms with E-state index in [1.54, 1.807) is 43.6 Å². The standard InChI is InChI=1S/C17H13ClN2O2/c1-22-14-6-2-4-12(9-14)17(21)20-15-10-13(18)8-11-5-3-7-19-16(11)15/h2-10H,1H3,(H,20,21). The number of hydrogen-bond acceptors (Lipinski definition) is 3. The summed E-state index contributed by atoms with van der Waals surface area (Å²) in [5.41, 5.74) is 1.78. The van der Waals surface area contributed by atoms with Crippen LogP contribution < -0.4 is 10.1 Å². The number of rotatable bonds is 3. The van der Waals surface area contributed by atoms with Crippen molar-refractivity contribution in [3.63, 3.8) is 0 Å². The molecule has 0 spiro atoms. The van der Waals surface area contributed by atoms with Crippen molar-refractivity contribution in [2.45, 2.75) is 0 Å². The van der Waals surface area contributed by atoms with Gasteiger partial charge in [-0.2, -0.15) is 0 Å². The summed E-state index contributed by atoms with van der Waals surface area (Å²) in [5, 5.41) is 4.27. The van der Waals surface area contributed by atoms with Crippen LogP contribution in [0, 0.1) is 0 Å². The first-order valence-corrected chi connectivity index (χ1v) is 7.05. The van der Waals surface area contributed by atoms with E-state index in [2.05, 4.69) is 10.3 Å². The number of hydrogen-bond donors (Lipinski definition) is 1. The Labute approximate surface area is 132 Å². The van der Waals surface area contributed by atoms with Gasteiger partial charge in [-0.3, -0.25) is 9.78 Å². The number of carbonyl (C=O) groups is 1. The fourth-order valence-electron chi connectivity index (χ4n) is 2.21. The number of benzene rings is 2. The van der Waals surface area contributed by atoms with Crippen molar-refractivity contribution in [1.29, 1.82) is 0 Å². The highest BCUT2D eigenvalue weighted by Crippen LogP contribution is 2.27. The number of anilines is 1. The minimum Gasteiger partial charge on any atom is -0.497 e. The molecule has 5 heteroatoms. The predicted octanol–water partition coefficient (Wildman–Crippen LogP) is 4.15. The monoisotopic (exact) mass is 312 g/mol. The summed E-state index contributed by atoms with van der Waals surface area (Å²) in [7, 11) is 1.56. The fraction of sp³-hybridized carbons (Fsp3) is 0.0588. The van der Waals surface area contributed by atoms with Gasteiger partial charge in [-0.25, -0.2) is 0 Å². The molecular weight excluding hydrogens is 300 g/mol. The Morgan fingerprint density at radius 2 is 2.05 bits per heavy atom. The van der Waals surface area contributed by atoms with E-state index in [0.717, 1.165) is 5.39 Å². The third-order valence-electron chi connectivity index (χ3n) is 3.25. The summed E-state index contributed by atoms with van der Waals surface area (Å²) in [5.74, 6) is 0.384. The Bertz CT molecular complexity index is 849. The number of pyridine rings is 1. The third kappa shape index (κ3) is 2.87. The van der Waals surface area contributed by atoms with Gasteiger partial charge in [0.05, 0.1) is 18.3 Å². The largest absolute Gasteiger partial charge is 0.497 e. The molecular formula is C17H13ClN2O2. The predicted molar refractivity (Wildman–Crippen MR) is 87.7 cm³/mol. The molecule has 22 heavy (non-hydrogen) atoms. The number of aromatic nitrogens is 1. The van der Waals surface area contributed by atoms with E-state index in [4.69, 9.17) is 16.3 Å². The summed E-state index contributed by atoms with van der Waals surface area (Å²) in [4.78, 5) is 16.7. The van der Waals surface area contributed by atoms with Gasteiger partial charge in [0.25, 0.3) is 5.91 Å². The molecule has 0 atom stereocenters. The van der Waals surface area contributed by atoms with Crippen molar-refractivity contribution in [2.75, 3.05) is 12.4 Å². The van der Waals surface area contributed by atoms with Crippen LogP contribution in [0.5, 0.6) is 5.75 Å². The van der Waals surface area contributed by atoms with Gasteiger partial charge in [0, 0.05) is 22.2 Å². The van der Waals surface area contributed by atoms with Crippen LogP contribution in [0.4, 0.5) is 5.69 Å². The summed E-state index contributed by atoms with van der Waals surface area (Å²) < 4.78 is 5.13. The molecule has 3 rings (SSSR count). The molecule has 0 aliphatic carbocycles. The van der Waals surface area contributed by atoms with Crippen LogP contribution in [-0.2, 0) is 0 Å². The van der Waals surface area contributed by atoms with Gasteiger partial charge in [0.2, 0.25) is 0 Å². The lowest BCUT2D eigenvalue weighted by Gasteiger charge is -2.09. The summed E-state index contributed by atoms with van der Waals surface area (Å²) >= 11 is 6.10. The lowest BCUT2D eigenvalue weighted by atomic mass is 10.1. The van der Waals surface area contributed by atoms with Crippen LogP contribution in [0.15, 0.2) is 54.7 Å². The minimum absolute atomic E-state index is 0.242. The normalized spacial score (nSPS) is 10.5. The first-order chi connectivity index (χ1) is 10.7. The molecule has 3 aromatic rings. The van der Waals surface area contributed by atoms with Crippen LogP contribution >= 0.6 is 11.6 Å². The maximum atomic E-state index is 12.4. The third-order valence-corrected chi connectivity index (χ3v) is 3.47. The average molecular weight is 313 g/mol. The SMILES string of the molecule is COc1cccc(C(=O)Nc2cc(Cl)cc3cccnc23)c1. The average Bonchev–Trinajstić information content (AvgIpc) is 2.54. The highest BCUT2D eigenvalue weighted by atomic mass is 35.5. The number of nitrogens with zero attached hydrogens (tertiary/aromatic N) is 1. The summed E-state index contributed by atoms with van der Waals surface area (Å²) in [6.45, 7) is 0. The topological polar surface area (TPSA) is 51.2 Å². The number of methoxy groups -OCH3 is 1.